The molecule has 2 aromatic rings. The van der Waals surface area contributed by atoms with Crippen molar-refractivity contribution in [1.29, 1.82) is 0 Å². The van der Waals surface area contributed by atoms with Crippen molar-refractivity contribution in [2.75, 3.05) is 26.5 Å². The summed E-state index contributed by atoms with van der Waals surface area (Å²) in [5.41, 5.74) is 0.419. The fourth-order valence-electron chi connectivity index (χ4n) is 2.02. The summed E-state index contributed by atoms with van der Waals surface area (Å²) in [6.07, 6.45) is 1.13. The molecule has 0 heterocycles. The molecule has 0 aliphatic rings. The Bertz CT molecular complexity index is 819. The second kappa shape index (κ2) is 7.68. The smallest absolute Gasteiger partial charge is 0.253 e. The van der Waals surface area contributed by atoms with E-state index in [0.717, 1.165) is 6.26 Å². The number of ether oxygens (including phenoxy) is 1. The Morgan fingerprint density at radius 3 is 2.33 bits per heavy atom. The number of carbonyl (C=O) groups excluding carboxylic acids is 1. The van der Waals surface area contributed by atoms with E-state index < -0.39 is 9.84 Å². The van der Waals surface area contributed by atoms with E-state index in [1.807, 2.05) is 12.1 Å². The van der Waals surface area contributed by atoms with Crippen molar-refractivity contribution >= 4 is 27.3 Å². The first-order valence-corrected chi connectivity index (χ1v) is 9.49. The van der Waals surface area contributed by atoms with E-state index in [1.165, 1.54) is 29.2 Å². The van der Waals surface area contributed by atoms with Crippen LogP contribution in [0.5, 0.6) is 5.75 Å². The molecule has 2 aromatic carbocycles. The lowest BCUT2D eigenvalue weighted by Gasteiger charge is -2.18. The highest BCUT2D eigenvalue weighted by Crippen LogP contribution is 2.22. The van der Waals surface area contributed by atoms with Crippen LogP contribution in [0, 0.1) is 0 Å². The van der Waals surface area contributed by atoms with E-state index >= 15 is 0 Å². The van der Waals surface area contributed by atoms with Crippen LogP contribution in [-0.4, -0.2) is 45.7 Å². The molecule has 0 aliphatic carbocycles. The molecule has 0 radical (unpaired) electrons. The molecule has 0 aromatic heterocycles. The minimum absolute atomic E-state index is 0.184. The van der Waals surface area contributed by atoms with Crippen LogP contribution in [-0.2, 0) is 9.84 Å². The maximum absolute atomic E-state index is 12.3. The Balaban J connectivity index is 1.93. The predicted octanol–water partition coefficient (Wildman–Crippen LogP) is 2.89. The average Bonchev–Trinajstić information content (AvgIpc) is 2.55. The molecule has 0 aliphatic heterocycles. The maximum atomic E-state index is 12.3. The third-order valence-electron chi connectivity index (χ3n) is 3.40. The third kappa shape index (κ3) is 4.72. The minimum atomic E-state index is -3.27. The van der Waals surface area contributed by atoms with Crippen molar-refractivity contribution in [3.8, 4) is 5.75 Å². The molecule has 0 atom stereocenters. The molecule has 0 bridgehead atoms. The van der Waals surface area contributed by atoms with Gasteiger partial charge in [-0.3, -0.25) is 4.79 Å². The van der Waals surface area contributed by atoms with Crippen LogP contribution in [0.15, 0.2) is 53.4 Å². The summed E-state index contributed by atoms with van der Waals surface area (Å²) in [5, 5.41) is 0.517. The van der Waals surface area contributed by atoms with Crippen LogP contribution in [0.4, 0.5) is 0 Å². The molecular formula is C17H18ClNO4S. The van der Waals surface area contributed by atoms with Gasteiger partial charge >= 0.3 is 0 Å². The molecule has 0 saturated heterocycles. The number of hydrogen-bond donors (Lipinski definition) is 0. The van der Waals surface area contributed by atoms with Gasteiger partial charge in [-0.05, 0) is 36.4 Å². The van der Waals surface area contributed by atoms with Crippen molar-refractivity contribution in [3.63, 3.8) is 0 Å². The Hall–Kier alpha value is -2.05. The Kier molecular flexibility index (Phi) is 5.85. The van der Waals surface area contributed by atoms with Gasteiger partial charge in [0, 0.05) is 18.9 Å². The van der Waals surface area contributed by atoms with Gasteiger partial charge in [0.25, 0.3) is 5.91 Å². The quantitative estimate of drug-likeness (QED) is 0.787. The van der Waals surface area contributed by atoms with Crippen molar-refractivity contribution in [3.05, 3.63) is 59.1 Å². The maximum Gasteiger partial charge on any atom is 0.253 e. The number of sulfone groups is 1. The zero-order valence-electron chi connectivity index (χ0n) is 13.4. The van der Waals surface area contributed by atoms with Crippen LogP contribution in [0.2, 0.25) is 5.02 Å². The van der Waals surface area contributed by atoms with Gasteiger partial charge in [-0.1, -0.05) is 23.7 Å². The van der Waals surface area contributed by atoms with E-state index in [4.69, 9.17) is 16.3 Å². The number of likely N-dealkylation sites (N-methyl/N-ethyl adjacent to an activating group) is 1. The Labute approximate surface area is 146 Å². The summed E-state index contributed by atoms with van der Waals surface area (Å²) in [4.78, 5) is 14.0. The van der Waals surface area contributed by atoms with Gasteiger partial charge in [0.2, 0.25) is 0 Å². The normalized spacial score (nSPS) is 11.1. The topological polar surface area (TPSA) is 63.7 Å². The Morgan fingerprint density at radius 1 is 1.12 bits per heavy atom. The third-order valence-corrected chi connectivity index (χ3v) is 4.84. The number of benzene rings is 2. The van der Waals surface area contributed by atoms with Crippen LogP contribution in [0.3, 0.4) is 0 Å². The second-order valence-corrected chi connectivity index (χ2v) is 7.73. The molecule has 5 nitrogen and oxygen atoms in total. The van der Waals surface area contributed by atoms with Crippen molar-refractivity contribution in [1.82, 2.24) is 4.90 Å². The van der Waals surface area contributed by atoms with E-state index in [1.54, 1.807) is 19.2 Å². The number of rotatable bonds is 6. The first kappa shape index (κ1) is 18.3. The van der Waals surface area contributed by atoms with E-state index in [9.17, 15) is 13.2 Å². The van der Waals surface area contributed by atoms with Gasteiger partial charge in [0.1, 0.15) is 12.4 Å². The first-order valence-electron chi connectivity index (χ1n) is 7.22. The summed E-state index contributed by atoms with van der Waals surface area (Å²) in [5.74, 6) is 0.357. The average molecular weight is 368 g/mol. The minimum Gasteiger partial charge on any atom is -0.490 e. The summed E-state index contributed by atoms with van der Waals surface area (Å²) in [7, 11) is -1.62. The number of carbonyl (C=O) groups is 1. The molecular weight excluding hydrogens is 350 g/mol. The standard InChI is InChI=1S/C17H18ClNO4S/c1-19(11-12-23-16-6-4-3-5-15(16)18)17(20)13-7-9-14(10-8-13)24(2,21)22/h3-10H,11-12H2,1-2H3. The summed E-state index contributed by atoms with van der Waals surface area (Å²) in [6, 6.07) is 13.0. The summed E-state index contributed by atoms with van der Waals surface area (Å²) in [6.45, 7) is 0.672. The molecule has 0 spiro atoms. The molecule has 7 heteroatoms. The highest BCUT2D eigenvalue weighted by atomic mass is 35.5. The number of hydrogen-bond acceptors (Lipinski definition) is 4. The van der Waals surface area contributed by atoms with Crippen LogP contribution in [0.25, 0.3) is 0 Å². The zero-order valence-corrected chi connectivity index (χ0v) is 15.0. The lowest BCUT2D eigenvalue weighted by molar-refractivity contribution is 0.0773. The Morgan fingerprint density at radius 2 is 1.75 bits per heavy atom. The molecule has 24 heavy (non-hydrogen) atoms. The molecule has 0 saturated carbocycles. The number of para-hydroxylation sites is 1. The highest BCUT2D eigenvalue weighted by Gasteiger charge is 2.13. The number of halogens is 1. The van der Waals surface area contributed by atoms with Gasteiger partial charge < -0.3 is 9.64 Å². The first-order chi connectivity index (χ1) is 11.3. The largest absolute Gasteiger partial charge is 0.490 e. The molecule has 1 amide bonds. The SMILES string of the molecule is CN(CCOc1ccccc1Cl)C(=O)c1ccc(S(C)(=O)=O)cc1. The van der Waals surface area contributed by atoms with Crippen molar-refractivity contribution in [2.45, 2.75) is 4.90 Å². The molecule has 2 rings (SSSR count). The zero-order chi connectivity index (χ0) is 17.7. The lowest BCUT2D eigenvalue weighted by atomic mass is 10.2. The second-order valence-electron chi connectivity index (χ2n) is 5.30. The monoisotopic (exact) mass is 367 g/mol. The van der Waals surface area contributed by atoms with Gasteiger partial charge in [-0.25, -0.2) is 8.42 Å². The fraction of sp³-hybridized carbons (Fsp3) is 0.235. The van der Waals surface area contributed by atoms with Gasteiger partial charge in [-0.2, -0.15) is 0 Å². The number of amides is 1. The predicted molar refractivity (Wildman–Crippen MR) is 93.5 cm³/mol. The van der Waals surface area contributed by atoms with Gasteiger partial charge in [-0.15, -0.1) is 0 Å². The summed E-state index contributed by atoms with van der Waals surface area (Å²) < 4.78 is 28.4. The fourth-order valence-corrected chi connectivity index (χ4v) is 2.84. The van der Waals surface area contributed by atoms with E-state index in [-0.39, 0.29) is 10.8 Å². The van der Waals surface area contributed by atoms with E-state index in [0.29, 0.717) is 29.5 Å². The van der Waals surface area contributed by atoms with Crippen LogP contribution >= 0.6 is 11.6 Å². The molecule has 128 valence electrons. The molecule has 0 fully saturated rings. The highest BCUT2D eigenvalue weighted by molar-refractivity contribution is 7.90. The van der Waals surface area contributed by atoms with Gasteiger partial charge in [0.05, 0.1) is 16.5 Å². The summed E-state index contributed by atoms with van der Waals surface area (Å²) >= 11 is 5.99. The molecule has 0 N–H and O–H groups in total. The van der Waals surface area contributed by atoms with Gasteiger partial charge in [0.15, 0.2) is 9.84 Å². The van der Waals surface area contributed by atoms with Crippen molar-refractivity contribution in [2.24, 2.45) is 0 Å². The van der Waals surface area contributed by atoms with Crippen molar-refractivity contribution < 1.29 is 17.9 Å². The van der Waals surface area contributed by atoms with E-state index in [2.05, 4.69) is 0 Å². The lowest BCUT2D eigenvalue weighted by Crippen LogP contribution is -2.30. The van der Waals surface area contributed by atoms with Crippen LogP contribution < -0.4 is 4.74 Å². The molecule has 0 unspecified atom stereocenters. The van der Waals surface area contributed by atoms with Crippen LogP contribution in [0.1, 0.15) is 10.4 Å². The number of nitrogens with zero attached hydrogens (tertiary/aromatic N) is 1.